The summed E-state index contributed by atoms with van der Waals surface area (Å²) in [7, 11) is -5.00. The Balaban J connectivity index is 1.34. The number of amides is 2. The van der Waals surface area contributed by atoms with Crippen molar-refractivity contribution in [3.05, 3.63) is 66.2 Å². The number of rotatable bonds is 11. The van der Waals surface area contributed by atoms with E-state index in [1.54, 1.807) is 35.2 Å². The fourth-order valence-corrected chi connectivity index (χ4v) is 7.26. The molecule has 1 N–H and O–H groups in total. The highest BCUT2D eigenvalue weighted by Crippen LogP contribution is 2.36. The van der Waals surface area contributed by atoms with Gasteiger partial charge in [-0.3, -0.25) is 0 Å². The van der Waals surface area contributed by atoms with Crippen molar-refractivity contribution < 1.29 is 27.5 Å². The molecule has 2 amide bonds. The van der Waals surface area contributed by atoms with Crippen LogP contribution in [0.25, 0.3) is 0 Å². The zero-order chi connectivity index (χ0) is 28.8. The number of carbonyl (C=O) groups is 2. The summed E-state index contributed by atoms with van der Waals surface area (Å²) in [5.74, 6) is 0.256. The number of nitrogens with zero attached hydrogens (tertiary/aromatic N) is 2. The second-order valence-corrected chi connectivity index (χ2v) is 19.4. The molecular weight excluding hydrogens is 546 g/mol. The van der Waals surface area contributed by atoms with Crippen LogP contribution in [0.4, 0.5) is 9.59 Å². The van der Waals surface area contributed by atoms with Crippen LogP contribution in [-0.4, -0.2) is 76.2 Å². The SMILES string of the molecule is C[Si](C)(C)CCOC(=O)NC1CC1CCC1CN(C(=O)OCc2ccccc2)CCN1S(=O)(=O)c1ccccc1. The van der Waals surface area contributed by atoms with Crippen molar-refractivity contribution in [2.45, 2.75) is 68.5 Å². The summed E-state index contributed by atoms with van der Waals surface area (Å²) >= 11 is 0. The fourth-order valence-electron chi connectivity index (χ4n) is 4.89. The topological polar surface area (TPSA) is 105 Å². The Hall–Kier alpha value is -2.89. The van der Waals surface area contributed by atoms with Crippen molar-refractivity contribution >= 4 is 30.3 Å². The van der Waals surface area contributed by atoms with Gasteiger partial charge < -0.3 is 19.7 Å². The van der Waals surface area contributed by atoms with Crippen LogP contribution in [0.2, 0.25) is 25.7 Å². The standard InChI is InChI=1S/C29H41N3O6SSi/c1-40(2,3)19-18-37-28(33)30-27-20-24(27)14-15-25-21-31(29(34)38-22-23-10-6-4-7-11-23)16-17-32(25)39(35,36)26-12-8-5-9-13-26/h4-13,24-25,27H,14-22H2,1-3H3,(H,30,33). The summed E-state index contributed by atoms with van der Waals surface area (Å²) in [6.07, 6.45) is 1.31. The number of nitrogens with one attached hydrogen (secondary N) is 1. The predicted molar refractivity (Wildman–Crippen MR) is 156 cm³/mol. The Bertz CT molecular complexity index is 1240. The number of carbonyl (C=O) groups excluding carboxylic acids is 2. The number of sulfonamides is 1. The van der Waals surface area contributed by atoms with Crippen molar-refractivity contribution in [2.24, 2.45) is 5.92 Å². The lowest BCUT2D eigenvalue weighted by Gasteiger charge is -2.40. The molecule has 4 rings (SSSR count). The molecule has 1 saturated carbocycles. The molecule has 9 nitrogen and oxygen atoms in total. The van der Waals surface area contributed by atoms with Crippen LogP contribution in [0, 0.1) is 5.92 Å². The molecule has 0 radical (unpaired) electrons. The molecule has 2 fully saturated rings. The number of piperazine rings is 1. The molecule has 11 heteroatoms. The average molecular weight is 588 g/mol. The van der Waals surface area contributed by atoms with Gasteiger partial charge in [0.25, 0.3) is 0 Å². The number of hydrogen-bond acceptors (Lipinski definition) is 6. The second-order valence-electron chi connectivity index (χ2n) is 11.8. The van der Waals surface area contributed by atoms with Crippen molar-refractivity contribution in [3.8, 4) is 0 Å². The van der Waals surface area contributed by atoms with E-state index in [4.69, 9.17) is 9.47 Å². The largest absolute Gasteiger partial charge is 0.450 e. The molecular formula is C29H41N3O6SSi. The van der Waals surface area contributed by atoms with Crippen molar-refractivity contribution in [3.63, 3.8) is 0 Å². The van der Waals surface area contributed by atoms with Crippen LogP contribution in [0.15, 0.2) is 65.6 Å². The first-order chi connectivity index (χ1) is 19.0. The highest BCUT2D eigenvalue weighted by molar-refractivity contribution is 7.89. The number of alkyl carbamates (subject to hydrolysis) is 1. The maximum atomic E-state index is 13.5. The summed E-state index contributed by atoms with van der Waals surface area (Å²) < 4.78 is 39.5. The van der Waals surface area contributed by atoms with E-state index in [-0.39, 0.29) is 49.2 Å². The summed E-state index contributed by atoms with van der Waals surface area (Å²) in [5, 5.41) is 2.94. The Morgan fingerprint density at radius 1 is 0.950 bits per heavy atom. The second kappa shape index (κ2) is 13.2. The maximum absolute atomic E-state index is 13.5. The Labute approximate surface area is 238 Å². The first kappa shape index (κ1) is 30.1. The van der Waals surface area contributed by atoms with E-state index >= 15 is 0 Å². The quantitative estimate of drug-likeness (QED) is 0.374. The van der Waals surface area contributed by atoms with Crippen LogP contribution < -0.4 is 5.32 Å². The highest BCUT2D eigenvalue weighted by Gasteiger charge is 2.42. The summed E-state index contributed by atoms with van der Waals surface area (Å²) in [5.41, 5.74) is 0.893. The number of benzene rings is 2. The van der Waals surface area contributed by atoms with E-state index in [1.807, 2.05) is 30.3 Å². The predicted octanol–water partition coefficient (Wildman–Crippen LogP) is 4.93. The van der Waals surface area contributed by atoms with Gasteiger partial charge in [-0.1, -0.05) is 68.2 Å². The molecule has 0 bridgehead atoms. The Kier molecular flexibility index (Phi) is 9.91. The zero-order valence-corrected chi connectivity index (χ0v) is 25.4. The van der Waals surface area contributed by atoms with Gasteiger partial charge in [0.05, 0.1) is 11.5 Å². The van der Waals surface area contributed by atoms with E-state index in [2.05, 4.69) is 25.0 Å². The van der Waals surface area contributed by atoms with Crippen LogP contribution >= 0.6 is 0 Å². The van der Waals surface area contributed by atoms with Gasteiger partial charge in [0.2, 0.25) is 10.0 Å². The molecule has 3 atom stereocenters. The normalized spacial score (nSPS) is 21.5. The van der Waals surface area contributed by atoms with Gasteiger partial charge in [-0.25, -0.2) is 18.0 Å². The lowest BCUT2D eigenvalue weighted by Crippen LogP contribution is -2.56. The van der Waals surface area contributed by atoms with Crippen LogP contribution in [0.5, 0.6) is 0 Å². The van der Waals surface area contributed by atoms with Gasteiger partial charge in [0, 0.05) is 39.8 Å². The highest BCUT2D eigenvalue weighted by atomic mass is 32.2. The zero-order valence-electron chi connectivity index (χ0n) is 23.6. The van der Waals surface area contributed by atoms with E-state index in [0.29, 0.717) is 13.0 Å². The van der Waals surface area contributed by atoms with Gasteiger partial charge >= 0.3 is 12.2 Å². The first-order valence-corrected chi connectivity index (χ1v) is 19.1. The lowest BCUT2D eigenvalue weighted by atomic mass is 10.1. The van der Waals surface area contributed by atoms with E-state index < -0.39 is 30.2 Å². The molecule has 0 aromatic heterocycles. The number of hydrogen-bond donors (Lipinski definition) is 1. The molecule has 1 saturated heterocycles. The van der Waals surface area contributed by atoms with Crippen molar-refractivity contribution in [2.75, 3.05) is 26.2 Å². The Morgan fingerprint density at radius 3 is 2.30 bits per heavy atom. The smallest absolute Gasteiger partial charge is 0.410 e. The average Bonchev–Trinajstić information content (AvgIpc) is 3.68. The third kappa shape index (κ3) is 8.55. The molecule has 2 aromatic rings. The summed E-state index contributed by atoms with van der Waals surface area (Å²) in [6.45, 7) is 8.01. The molecule has 40 heavy (non-hydrogen) atoms. The summed E-state index contributed by atoms with van der Waals surface area (Å²) in [6, 6.07) is 18.4. The van der Waals surface area contributed by atoms with Gasteiger partial charge in [-0.15, -0.1) is 0 Å². The van der Waals surface area contributed by atoms with Gasteiger partial charge in [-0.05, 0) is 48.9 Å². The maximum Gasteiger partial charge on any atom is 0.410 e. The monoisotopic (exact) mass is 587 g/mol. The van der Waals surface area contributed by atoms with Crippen LogP contribution in [0.3, 0.4) is 0 Å². The minimum Gasteiger partial charge on any atom is -0.450 e. The van der Waals surface area contributed by atoms with Gasteiger partial charge in [0.15, 0.2) is 0 Å². The minimum atomic E-state index is -3.73. The Morgan fingerprint density at radius 2 is 1.62 bits per heavy atom. The van der Waals surface area contributed by atoms with Crippen LogP contribution in [-0.2, 0) is 26.1 Å². The molecule has 2 aliphatic rings. The molecule has 1 aliphatic heterocycles. The van der Waals surface area contributed by atoms with E-state index in [1.165, 1.54) is 4.31 Å². The van der Waals surface area contributed by atoms with Crippen molar-refractivity contribution in [1.82, 2.24) is 14.5 Å². The van der Waals surface area contributed by atoms with Gasteiger partial charge in [-0.2, -0.15) is 4.31 Å². The fraction of sp³-hybridized carbons (Fsp3) is 0.517. The van der Waals surface area contributed by atoms with E-state index in [9.17, 15) is 18.0 Å². The molecule has 1 heterocycles. The summed E-state index contributed by atoms with van der Waals surface area (Å²) in [4.78, 5) is 26.9. The van der Waals surface area contributed by atoms with Gasteiger partial charge in [0.1, 0.15) is 6.61 Å². The molecule has 0 spiro atoms. The molecule has 2 aromatic carbocycles. The van der Waals surface area contributed by atoms with E-state index in [0.717, 1.165) is 24.4 Å². The number of ether oxygens (including phenoxy) is 2. The molecule has 218 valence electrons. The first-order valence-electron chi connectivity index (χ1n) is 14.0. The van der Waals surface area contributed by atoms with Crippen molar-refractivity contribution in [1.29, 1.82) is 0 Å². The third-order valence-electron chi connectivity index (χ3n) is 7.42. The molecule has 1 aliphatic carbocycles. The van der Waals surface area contributed by atoms with Crippen LogP contribution in [0.1, 0.15) is 24.8 Å². The minimum absolute atomic E-state index is 0.0362. The molecule has 3 unspecified atom stereocenters. The lowest BCUT2D eigenvalue weighted by molar-refractivity contribution is 0.0682. The third-order valence-corrected chi connectivity index (χ3v) is 11.1.